The van der Waals surface area contributed by atoms with Crippen molar-refractivity contribution in [1.29, 1.82) is 0 Å². The van der Waals surface area contributed by atoms with Gasteiger partial charge in [0.25, 0.3) is 0 Å². The molecule has 1 aliphatic rings. The minimum absolute atomic E-state index is 0.302. The fourth-order valence-corrected chi connectivity index (χ4v) is 3.12. The summed E-state index contributed by atoms with van der Waals surface area (Å²) in [5, 5.41) is 4.02. The molecule has 0 saturated carbocycles. The van der Waals surface area contributed by atoms with Gasteiger partial charge in [-0.2, -0.15) is 0 Å². The molecular formula is C16H25ClN2O. The zero-order valence-corrected chi connectivity index (χ0v) is 13.4. The van der Waals surface area contributed by atoms with E-state index in [0.717, 1.165) is 31.0 Å². The lowest BCUT2D eigenvalue weighted by Gasteiger charge is -2.28. The SMILES string of the molecule is CNCC1CCC(CN(C)C(C)c2ccccc2Cl)O1. The first-order valence-corrected chi connectivity index (χ1v) is 7.74. The molecule has 0 aliphatic carbocycles. The molecule has 1 aliphatic heterocycles. The minimum Gasteiger partial charge on any atom is -0.372 e. The van der Waals surface area contributed by atoms with Crippen LogP contribution >= 0.6 is 11.6 Å². The van der Waals surface area contributed by atoms with E-state index >= 15 is 0 Å². The molecule has 3 nitrogen and oxygen atoms in total. The van der Waals surface area contributed by atoms with Crippen molar-refractivity contribution in [3.8, 4) is 0 Å². The van der Waals surface area contributed by atoms with Crippen LogP contribution in [0.5, 0.6) is 0 Å². The lowest BCUT2D eigenvalue weighted by Crippen LogP contribution is -2.32. The van der Waals surface area contributed by atoms with Crippen LogP contribution in [0.1, 0.15) is 31.4 Å². The number of nitrogens with one attached hydrogen (secondary N) is 1. The Bertz CT molecular complexity index is 427. The van der Waals surface area contributed by atoms with Crippen molar-refractivity contribution in [2.75, 3.05) is 27.2 Å². The Labute approximate surface area is 127 Å². The Morgan fingerprint density at radius 2 is 2.05 bits per heavy atom. The molecule has 1 aromatic rings. The topological polar surface area (TPSA) is 24.5 Å². The number of hydrogen-bond acceptors (Lipinski definition) is 3. The van der Waals surface area contributed by atoms with Crippen LogP contribution in [0, 0.1) is 0 Å². The van der Waals surface area contributed by atoms with Gasteiger partial charge >= 0.3 is 0 Å². The molecule has 1 fully saturated rings. The summed E-state index contributed by atoms with van der Waals surface area (Å²) in [6, 6.07) is 8.37. The maximum atomic E-state index is 6.28. The van der Waals surface area contributed by atoms with Crippen molar-refractivity contribution < 1.29 is 4.74 Å². The first-order valence-electron chi connectivity index (χ1n) is 7.36. The third-order valence-electron chi connectivity index (χ3n) is 4.14. The van der Waals surface area contributed by atoms with Gasteiger partial charge in [-0.05, 0) is 45.5 Å². The van der Waals surface area contributed by atoms with Gasteiger partial charge in [0.2, 0.25) is 0 Å². The molecule has 1 N–H and O–H groups in total. The van der Waals surface area contributed by atoms with Crippen LogP contribution in [0.3, 0.4) is 0 Å². The molecule has 0 amide bonds. The number of halogens is 1. The van der Waals surface area contributed by atoms with E-state index < -0.39 is 0 Å². The first-order chi connectivity index (χ1) is 9.61. The molecule has 1 heterocycles. The summed E-state index contributed by atoms with van der Waals surface area (Å²) in [4.78, 5) is 2.33. The smallest absolute Gasteiger partial charge is 0.0707 e. The highest BCUT2D eigenvalue weighted by molar-refractivity contribution is 6.31. The summed E-state index contributed by atoms with van der Waals surface area (Å²) in [6.45, 7) is 4.09. The Morgan fingerprint density at radius 1 is 1.35 bits per heavy atom. The molecule has 1 saturated heterocycles. The zero-order chi connectivity index (χ0) is 14.5. The molecular weight excluding hydrogens is 272 g/mol. The number of benzene rings is 1. The predicted octanol–water partition coefficient (Wildman–Crippen LogP) is 3.10. The van der Waals surface area contributed by atoms with Gasteiger partial charge in [0.15, 0.2) is 0 Å². The number of rotatable bonds is 6. The molecule has 3 unspecified atom stereocenters. The van der Waals surface area contributed by atoms with E-state index in [9.17, 15) is 0 Å². The molecule has 112 valence electrons. The molecule has 0 aromatic heterocycles. The summed E-state index contributed by atoms with van der Waals surface area (Å²) in [7, 11) is 4.12. The molecule has 0 spiro atoms. The summed E-state index contributed by atoms with van der Waals surface area (Å²) >= 11 is 6.28. The lowest BCUT2D eigenvalue weighted by atomic mass is 10.1. The third kappa shape index (κ3) is 3.95. The lowest BCUT2D eigenvalue weighted by molar-refractivity contribution is 0.0225. The van der Waals surface area contributed by atoms with Gasteiger partial charge in [-0.3, -0.25) is 4.90 Å². The fourth-order valence-electron chi connectivity index (χ4n) is 2.82. The van der Waals surface area contributed by atoms with Gasteiger partial charge in [0.05, 0.1) is 12.2 Å². The zero-order valence-electron chi connectivity index (χ0n) is 12.6. The second-order valence-electron chi connectivity index (χ2n) is 5.65. The van der Waals surface area contributed by atoms with Gasteiger partial charge in [-0.15, -0.1) is 0 Å². The normalized spacial score (nSPS) is 24.2. The van der Waals surface area contributed by atoms with Crippen molar-refractivity contribution in [1.82, 2.24) is 10.2 Å². The van der Waals surface area contributed by atoms with Crippen LogP contribution in [0.4, 0.5) is 0 Å². The van der Waals surface area contributed by atoms with Crippen molar-refractivity contribution >= 4 is 11.6 Å². The highest BCUT2D eigenvalue weighted by Gasteiger charge is 2.27. The fraction of sp³-hybridized carbons (Fsp3) is 0.625. The van der Waals surface area contributed by atoms with Crippen LogP contribution < -0.4 is 5.32 Å². The Balaban J connectivity index is 1.89. The van der Waals surface area contributed by atoms with E-state index in [1.54, 1.807) is 0 Å². The second-order valence-corrected chi connectivity index (χ2v) is 6.06. The van der Waals surface area contributed by atoms with Crippen LogP contribution in [0.15, 0.2) is 24.3 Å². The molecule has 0 bridgehead atoms. The summed E-state index contributed by atoms with van der Waals surface area (Å²) in [5.41, 5.74) is 1.18. The van der Waals surface area contributed by atoms with Crippen molar-refractivity contribution in [3.05, 3.63) is 34.9 Å². The number of nitrogens with zero attached hydrogens (tertiary/aromatic N) is 1. The molecule has 4 heteroatoms. The summed E-state index contributed by atoms with van der Waals surface area (Å²) in [5.74, 6) is 0. The van der Waals surface area contributed by atoms with E-state index in [4.69, 9.17) is 16.3 Å². The standard InChI is InChI=1S/C16H25ClN2O/c1-12(15-6-4-5-7-16(15)17)19(3)11-14-9-8-13(20-14)10-18-2/h4-7,12-14,18H,8-11H2,1-3H3. The molecule has 20 heavy (non-hydrogen) atoms. The first kappa shape index (κ1) is 15.8. The van der Waals surface area contributed by atoms with E-state index in [2.05, 4.69) is 30.3 Å². The summed E-state index contributed by atoms with van der Waals surface area (Å²) in [6.07, 6.45) is 3.00. The number of ether oxygens (including phenoxy) is 1. The van der Waals surface area contributed by atoms with Gasteiger partial charge in [0.1, 0.15) is 0 Å². The van der Waals surface area contributed by atoms with Crippen molar-refractivity contribution in [2.45, 2.75) is 38.0 Å². The average Bonchev–Trinajstić information content (AvgIpc) is 2.86. The van der Waals surface area contributed by atoms with Crippen molar-refractivity contribution in [3.63, 3.8) is 0 Å². The third-order valence-corrected chi connectivity index (χ3v) is 4.48. The monoisotopic (exact) mass is 296 g/mol. The molecule has 1 aromatic carbocycles. The van der Waals surface area contributed by atoms with E-state index in [1.807, 2.05) is 25.2 Å². The van der Waals surface area contributed by atoms with Crippen LogP contribution in [-0.4, -0.2) is 44.3 Å². The highest BCUT2D eigenvalue weighted by atomic mass is 35.5. The maximum absolute atomic E-state index is 6.28. The van der Waals surface area contributed by atoms with Crippen LogP contribution in [-0.2, 0) is 4.74 Å². The quantitative estimate of drug-likeness (QED) is 0.873. The Hall–Kier alpha value is -0.610. The average molecular weight is 297 g/mol. The van der Waals surface area contributed by atoms with E-state index in [1.165, 1.54) is 5.56 Å². The minimum atomic E-state index is 0.302. The van der Waals surface area contributed by atoms with E-state index in [-0.39, 0.29) is 0 Å². The van der Waals surface area contributed by atoms with Gasteiger partial charge < -0.3 is 10.1 Å². The predicted molar refractivity (Wildman–Crippen MR) is 84.3 cm³/mol. The Kier molecular flexibility index (Phi) is 5.85. The number of hydrogen-bond donors (Lipinski definition) is 1. The van der Waals surface area contributed by atoms with Gasteiger partial charge in [-0.25, -0.2) is 0 Å². The highest BCUT2D eigenvalue weighted by Crippen LogP contribution is 2.28. The summed E-state index contributed by atoms with van der Waals surface area (Å²) < 4.78 is 6.05. The van der Waals surface area contributed by atoms with Gasteiger partial charge in [-0.1, -0.05) is 29.8 Å². The maximum Gasteiger partial charge on any atom is 0.0707 e. The van der Waals surface area contributed by atoms with E-state index in [0.29, 0.717) is 18.2 Å². The molecule has 3 atom stereocenters. The van der Waals surface area contributed by atoms with Gasteiger partial charge in [0, 0.05) is 24.2 Å². The number of likely N-dealkylation sites (N-methyl/N-ethyl adjacent to an activating group) is 2. The largest absolute Gasteiger partial charge is 0.372 e. The molecule has 2 rings (SSSR count). The van der Waals surface area contributed by atoms with Crippen LogP contribution in [0.25, 0.3) is 0 Å². The Morgan fingerprint density at radius 3 is 2.75 bits per heavy atom. The second kappa shape index (κ2) is 7.41. The molecule has 0 radical (unpaired) electrons. The van der Waals surface area contributed by atoms with Crippen LogP contribution in [0.2, 0.25) is 5.02 Å². The van der Waals surface area contributed by atoms with Crippen molar-refractivity contribution in [2.24, 2.45) is 0 Å².